The number of nitrogens with one attached hydrogen (secondary N) is 1. The van der Waals surface area contributed by atoms with Crippen LogP contribution in [0.5, 0.6) is 0 Å². The average Bonchev–Trinajstić information content (AvgIpc) is 2.81. The Bertz CT molecular complexity index is 551. The van der Waals surface area contributed by atoms with Gasteiger partial charge < -0.3 is 5.32 Å². The van der Waals surface area contributed by atoms with Gasteiger partial charge in [-0.2, -0.15) is 5.10 Å². The molecule has 2 aromatic heterocycles. The van der Waals surface area contributed by atoms with Crippen LogP contribution >= 0.6 is 15.9 Å². The largest absolute Gasteiger partial charge is 0.304 e. The van der Waals surface area contributed by atoms with Crippen LogP contribution in [-0.2, 0) is 19.5 Å². The lowest BCUT2D eigenvalue weighted by Crippen LogP contribution is -2.20. The molecule has 0 spiro atoms. The highest BCUT2D eigenvalue weighted by Gasteiger charge is 2.14. The van der Waals surface area contributed by atoms with E-state index in [-0.39, 0.29) is 6.04 Å². The summed E-state index contributed by atoms with van der Waals surface area (Å²) < 4.78 is 3.19. The van der Waals surface area contributed by atoms with E-state index in [2.05, 4.69) is 62.8 Å². The minimum Gasteiger partial charge on any atom is -0.304 e. The molecule has 0 unspecified atom stereocenters. The first kappa shape index (κ1) is 15.2. The number of aryl methyl sites for hydroxylation is 2. The van der Waals surface area contributed by atoms with Crippen LogP contribution in [-0.4, -0.2) is 14.8 Å². The van der Waals surface area contributed by atoms with Crippen molar-refractivity contribution in [1.29, 1.82) is 0 Å². The smallest absolute Gasteiger partial charge is 0.0767 e. The molecule has 0 saturated heterocycles. The molecule has 0 aliphatic rings. The van der Waals surface area contributed by atoms with Crippen LogP contribution in [0.1, 0.15) is 43.8 Å². The van der Waals surface area contributed by atoms with Crippen LogP contribution in [0.2, 0.25) is 0 Å². The van der Waals surface area contributed by atoms with E-state index >= 15 is 0 Å². The van der Waals surface area contributed by atoms with Crippen molar-refractivity contribution in [2.75, 3.05) is 0 Å². The number of nitrogens with zero attached hydrogens (tertiary/aromatic N) is 3. The van der Waals surface area contributed by atoms with Crippen LogP contribution in [0.4, 0.5) is 0 Å². The second-order valence-corrected chi connectivity index (χ2v) is 5.56. The van der Waals surface area contributed by atoms with Gasteiger partial charge in [-0.25, -0.2) is 0 Å². The molecule has 2 rings (SSSR count). The highest BCUT2D eigenvalue weighted by atomic mass is 79.9. The summed E-state index contributed by atoms with van der Waals surface area (Å²) in [5, 5.41) is 8.15. The number of hydrogen-bond donors (Lipinski definition) is 1. The Balaban J connectivity index is 2.09. The van der Waals surface area contributed by atoms with Gasteiger partial charge in [0.2, 0.25) is 0 Å². The molecule has 0 amide bonds. The predicted molar refractivity (Wildman–Crippen MR) is 84.5 cm³/mol. The van der Waals surface area contributed by atoms with Crippen molar-refractivity contribution >= 4 is 15.9 Å². The van der Waals surface area contributed by atoms with E-state index in [1.165, 1.54) is 11.3 Å². The molecule has 2 aromatic rings. The highest BCUT2D eigenvalue weighted by molar-refractivity contribution is 9.10. The second-order valence-electron chi connectivity index (χ2n) is 4.77. The molecule has 1 atom stereocenters. The summed E-state index contributed by atoms with van der Waals surface area (Å²) in [5.74, 6) is 0. The highest BCUT2D eigenvalue weighted by Crippen LogP contribution is 2.23. The second kappa shape index (κ2) is 6.99. The molecular weight excluding hydrogens is 316 g/mol. The summed E-state index contributed by atoms with van der Waals surface area (Å²) in [6.45, 7) is 8.07. The number of pyridine rings is 1. The zero-order chi connectivity index (χ0) is 14.5. The normalized spacial score (nSPS) is 12.6. The fraction of sp³-hybridized carbons (Fsp3) is 0.467. The topological polar surface area (TPSA) is 42.7 Å². The van der Waals surface area contributed by atoms with Crippen LogP contribution < -0.4 is 5.32 Å². The molecule has 0 aliphatic heterocycles. The molecule has 20 heavy (non-hydrogen) atoms. The SMILES string of the molecule is CCc1nn(CC)c(CN[C@@H](C)c2cccnc2)c1Br. The van der Waals surface area contributed by atoms with Crippen molar-refractivity contribution in [1.82, 2.24) is 20.1 Å². The Morgan fingerprint density at radius 1 is 1.40 bits per heavy atom. The van der Waals surface area contributed by atoms with E-state index in [4.69, 9.17) is 0 Å². The van der Waals surface area contributed by atoms with Crippen LogP contribution in [0.15, 0.2) is 29.0 Å². The van der Waals surface area contributed by atoms with Gasteiger partial charge in [0, 0.05) is 31.5 Å². The third kappa shape index (κ3) is 3.27. The lowest BCUT2D eigenvalue weighted by Gasteiger charge is -2.14. The lowest BCUT2D eigenvalue weighted by atomic mass is 10.1. The number of halogens is 1. The monoisotopic (exact) mass is 336 g/mol. The predicted octanol–water partition coefficient (Wildman–Crippen LogP) is 3.47. The molecule has 5 heteroatoms. The van der Waals surface area contributed by atoms with Gasteiger partial charge in [-0.15, -0.1) is 0 Å². The van der Waals surface area contributed by atoms with Crippen molar-refractivity contribution in [2.24, 2.45) is 0 Å². The van der Waals surface area contributed by atoms with Crippen molar-refractivity contribution in [3.63, 3.8) is 0 Å². The van der Waals surface area contributed by atoms with Gasteiger partial charge in [0.1, 0.15) is 0 Å². The minimum atomic E-state index is 0.265. The summed E-state index contributed by atoms with van der Waals surface area (Å²) >= 11 is 3.67. The van der Waals surface area contributed by atoms with Crippen LogP contribution in [0.3, 0.4) is 0 Å². The molecule has 108 valence electrons. The van der Waals surface area contributed by atoms with E-state index < -0.39 is 0 Å². The van der Waals surface area contributed by atoms with Gasteiger partial charge >= 0.3 is 0 Å². The van der Waals surface area contributed by atoms with E-state index in [0.717, 1.165) is 29.7 Å². The number of hydrogen-bond acceptors (Lipinski definition) is 3. The van der Waals surface area contributed by atoms with Crippen LogP contribution in [0, 0.1) is 0 Å². The first-order chi connectivity index (χ1) is 9.67. The fourth-order valence-electron chi connectivity index (χ4n) is 2.19. The van der Waals surface area contributed by atoms with Gasteiger partial charge in [0.15, 0.2) is 0 Å². The third-order valence-electron chi connectivity index (χ3n) is 3.45. The van der Waals surface area contributed by atoms with E-state index in [9.17, 15) is 0 Å². The molecule has 0 radical (unpaired) electrons. The average molecular weight is 337 g/mol. The van der Waals surface area contributed by atoms with Crippen molar-refractivity contribution in [3.05, 3.63) is 46.0 Å². The Morgan fingerprint density at radius 2 is 2.20 bits per heavy atom. The van der Waals surface area contributed by atoms with Gasteiger partial charge in [-0.1, -0.05) is 13.0 Å². The molecule has 0 aromatic carbocycles. The van der Waals surface area contributed by atoms with E-state index in [1.54, 1.807) is 6.20 Å². The zero-order valence-corrected chi connectivity index (χ0v) is 13.8. The van der Waals surface area contributed by atoms with E-state index in [1.807, 2.05) is 12.3 Å². The molecule has 0 fully saturated rings. The molecule has 2 heterocycles. The quantitative estimate of drug-likeness (QED) is 0.878. The van der Waals surface area contributed by atoms with Crippen LogP contribution in [0.25, 0.3) is 0 Å². The summed E-state index contributed by atoms with van der Waals surface area (Å²) in [6, 6.07) is 4.32. The number of rotatable bonds is 6. The third-order valence-corrected chi connectivity index (χ3v) is 4.37. The van der Waals surface area contributed by atoms with Crippen molar-refractivity contribution < 1.29 is 0 Å². The first-order valence-corrected chi connectivity index (χ1v) is 7.84. The summed E-state index contributed by atoms with van der Waals surface area (Å²) in [7, 11) is 0. The van der Waals surface area contributed by atoms with Gasteiger partial charge in [0.25, 0.3) is 0 Å². The maximum absolute atomic E-state index is 4.61. The number of aromatic nitrogens is 3. The van der Waals surface area contributed by atoms with Gasteiger partial charge in [-0.3, -0.25) is 9.67 Å². The Hall–Kier alpha value is -1.20. The molecule has 0 aliphatic carbocycles. The first-order valence-electron chi connectivity index (χ1n) is 7.04. The summed E-state index contributed by atoms with van der Waals surface area (Å²) in [4.78, 5) is 4.16. The van der Waals surface area contributed by atoms with Crippen molar-refractivity contribution in [3.8, 4) is 0 Å². The Kier molecular flexibility index (Phi) is 5.31. The zero-order valence-electron chi connectivity index (χ0n) is 12.2. The fourth-order valence-corrected chi connectivity index (χ4v) is 2.89. The molecule has 4 nitrogen and oxygen atoms in total. The van der Waals surface area contributed by atoms with E-state index in [0.29, 0.717) is 0 Å². The molecule has 1 N–H and O–H groups in total. The Labute approximate surface area is 128 Å². The Morgan fingerprint density at radius 3 is 2.80 bits per heavy atom. The summed E-state index contributed by atoms with van der Waals surface area (Å²) in [6.07, 6.45) is 4.65. The molecule has 0 bridgehead atoms. The molecular formula is C15H21BrN4. The molecule has 0 saturated carbocycles. The standard InChI is InChI=1S/C15H21BrN4/c1-4-13-15(16)14(20(5-2)19-13)10-18-11(3)12-7-6-8-17-9-12/h6-9,11,18H,4-5,10H2,1-3H3/t11-/m0/s1. The lowest BCUT2D eigenvalue weighted by molar-refractivity contribution is 0.528. The maximum atomic E-state index is 4.61. The van der Waals surface area contributed by atoms with Crippen molar-refractivity contribution in [2.45, 2.75) is 46.3 Å². The summed E-state index contributed by atoms with van der Waals surface area (Å²) in [5.41, 5.74) is 3.53. The maximum Gasteiger partial charge on any atom is 0.0767 e. The van der Waals surface area contributed by atoms with Gasteiger partial charge in [0.05, 0.1) is 15.9 Å². The minimum absolute atomic E-state index is 0.265. The van der Waals surface area contributed by atoms with Gasteiger partial charge in [-0.05, 0) is 47.8 Å².